The molecule has 6 fully saturated rings. The van der Waals surface area contributed by atoms with Crippen molar-refractivity contribution in [1.29, 1.82) is 0 Å². The molecule has 3 aromatic carbocycles. The van der Waals surface area contributed by atoms with Gasteiger partial charge in [-0.05, 0) is 145 Å². The van der Waals surface area contributed by atoms with Crippen molar-refractivity contribution in [2.24, 2.45) is 46.3 Å². The van der Waals surface area contributed by atoms with Gasteiger partial charge in [-0.15, -0.1) is 0 Å². The monoisotopic (exact) mass is 706 g/mol. The zero-order chi connectivity index (χ0) is 35.6. The van der Waals surface area contributed by atoms with Crippen molar-refractivity contribution < 1.29 is 9.47 Å². The highest BCUT2D eigenvalue weighted by atomic mass is 28.3. The minimum absolute atomic E-state index is 0.537. The standard InChI is InChI=1S/C46H66O2Si2/c1-31-11-19-37(20-12-31)47-41-29-44(50(9,10)26-24-34-16-18-36-28-40(34)46(36,5)6)42(48-38-21-13-32(2)14-22-38)30-43(41)49(7,8)25-23-33-15-17-35-27-39(33)45(35,3)4/h11-14,19-22,29-30,33-36,39-40H,15-18,23-28H2,1-10H3. The van der Waals surface area contributed by atoms with Gasteiger partial charge in [-0.2, -0.15) is 0 Å². The van der Waals surface area contributed by atoms with Gasteiger partial charge >= 0.3 is 0 Å². The van der Waals surface area contributed by atoms with Crippen LogP contribution in [0.3, 0.4) is 0 Å². The third-order valence-corrected chi connectivity index (χ3v) is 22.1. The van der Waals surface area contributed by atoms with Crippen LogP contribution in [0, 0.1) is 60.2 Å². The van der Waals surface area contributed by atoms with Crippen molar-refractivity contribution in [1.82, 2.24) is 0 Å². The fourth-order valence-corrected chi connectivity index (χ4v) is 16.6. The molecule has 3 aromatic rings. The van der Waals surface area contributed by atoms with Crippen molar-refractivity contribution in [3.63, 3.8) is 0 Å². The lowest BCUT2D eigenvalue weighted by Crippen LogP contribution is -2.53. The van der Waals surface area contributed by atoms with Crippen LogP contribution in [-0.4, -0.2) is 16.1 Å². The lowest BCUT2D eigenvalue weighted by molar-refractivity contribution is -0.105. The number of hydrogen-bond acceptors (Lipinski definition) is 2. The summed E-state index contributed by atoms with van der Waals surface area (Å²) in [6.45, 7) is 24.9. The van der Waals surface area contributed by atoms with Gasteiger partial charge < -0.3 is 9.47 Å². The molecule has 50 heavy (non-hydrogen) atoms. The summed E-state index contributed by atoms with van der Waals surface area (Å²) in [4.78, 5) is 0. The summed E-state index contributed by atoms with van der Waals surface area (Å²) in [5.41, 5.74) is 3.60. The van der Waals surface area contributed by atoms with Crippen LogP contribution in [0.1, 0.15) is 90.2 Å². The van der Waals surface area contributed by atoms with Gasteiger partial charge in [0.05, 0.1) is 16.1 Å². The third kappa shape index (κ3) is 6.82. The smallest absolute Gasteiger partial charge is 0.127 e. The number of ether oxygens (including phenoxy) is 2. The van der Waals surface area contributed by atoms with E-state index in [1.807, 2.05) is 0 Å². The minimum Gasteiger partial charge on any atom is -0.458 e. The summed E-state index contributed by atoms with van der Waals surface area (Å²) >= 11 is 0. The maximum Gasteiger partial charge on any atom is 0.127 e. The Bertz CT molecular complexity index is 1540. The molecule has 0 saturated heterocycles. The first kappa shape index (κ1) is 36.1. The predicted octanol–water partition coefficient (Wildman–Crippen LogP) is 12.6. The average Bonchev–Trinajstić information content (AvgIpc) is 3.08. The van der Waals surface area contributed by atoms with Gasteiger partial charge in [-0.1, -0.05) is 114 Å². The predicted molar refractivity (Wildman–Crippen MR) is 218 cm³/mol. The van der Waals surface area contributed by atoms with Gasteiger partial charge in [-0.3, -0.25) is 0 Å². The summed E-state index contributed by atoms with van der Waals surface area (Å²) in [6.07, 6.45) is 11.3. The van der Waals surface area contributed by atoms with Gasteiger partial charge in [0.1, 0.15) is 23.0 Å². The summed E-state index contributed by atoms with van der Waals surface area (Å²) < 4.78 is 14.0. The molecule has 6 aliphatic rings. The molecule has 9 rings (SSSR count). The lowest BCUT2D eigenvalue weighted by Gasteiger charge is -2.60. The van der Waals surface area contributed by atoms with Crippen molar-refractivity contribution in [3.8, 4) is 23.0 Å². The number of hydrogen-bond donors (Lipinski definition) is 0. The molecule has 4 heteroatoms. The van der Waals surface area contributed by atoms with Crippen LogP contribution in [0.25, 0.3) is 0 Å². The fourth-order valence-electron chi connectivity index (χ4n) is 11.2. The van der Waals surface area contributed by atoms with Gasteiger partial charge in [0, 0.05) is 0 Å². The molecule has 4 bridgehead atoms. The molecule has 0 amide bonds. The van der Waals surface area contributed by atoms with E-state index < -0.39 is 16.1 Å². The van der Waals surface area contributed by atoms with Crippen molar-refractivity contribution in [2.75, 3.05) is 0 Å². The van der Waals surface area contributed by atoms with E-state index in [-0.39, 0.29) is 0 Å². The summed E-state index contributed by atoms with van der Waals surface area (Å²) in [6, 6.07) is 24.9. The Morgan fingerprint density at radius 3 is 1.24 bits per heavy atom. The van der Waals surface area contributed by atoms with E-state index in [1.54, 1.807) is 0 Å². The third-order valence-electron chi connectivity index (χ3n) is 15.3. The average molecular weight is 707 g/mol. The topological polar surface area (TPSA) is 18.5 Å². The second kappa shape index (κ2) is 13.3. The van der Waals surface area contributed by atoms with Crippen LogP contribution >= 0.6 is 0 Å². The highest BCUT2D eigenvalue weighted by Gasteiger charge is 2.55. The molecule has 270 valence electrons. The summed E-state index contributed by atoms with van der Waals surface area (Å²) in [5.74, 6) is 9.53. The largest absolute Gasteiger partial charge is 0.458 e. The summed E-state index contributed by atoms with van der Waals surface area (Å²) in [5, 5.41) is 2.84. The van der Waals surface area contributed by atoms with Gasteiger partial charge in [0.2, 0.25) is 0 Å². The molecular weight excluding hydrogens is 641 g/mol. The molecule has 6 atom stereocenters. The number of fused-ring (bicyclic) bond motifs is 4. The van der Waals surface area contributed by atoms with E-state index in [9.17, 15) is 0 Å². The Labute approximate surface area is 307 Å². The first-order chi connectivity index (χ1) is 23.5. The molecule has 6 saturated carbocycles. The highest BCUT2D eigenvalue weighted by molar-refractivity contribution is 6.92. The van der Waals surface area contributed by atoms with Crippen molar-refractivity contribution in [3.05, 3.63) is 71.8 Å². The van der Waals surface area contributed by atoms with Crippen LogP contribution in [-0.2, 0) is 0 Å². The highest BCUT2D eigenvalue weighted by Crippen LogP contribution is 2.63. The van der Waals surface area contributed by atoms with E-state index in [2.05, 4.69) is 128 Å². The Morgan fingerprint density at radius 2 is 0.920 bits per heavy atom. The second-order valence-corrected chi connectivity index (χ2v) is 29.5. The molecule has 0 radical (unpaired) electrons. The lowest BCUT2D eigenvalue weighted by atomic mass is 9.45. The van der Waals surface area contributed by atoms with E-state index in [4.69, 9.17) is 9.47 Å². The van der Waals surface area contributed by atoms with Gasteiger partial charge in [-0.25, -0.2) is 0 Å². The van der Waals surface area contributed by atoms with Crippen LogP contribution in [0.15, 0.2) is 60.7 Å². The van der Waals surface area contributed by atoms with Crippen LogP contribution in [0.2, 0.25) is 38.3 Å². The maximum absolute atomic E-state index is 7.01. The quantitative estimate of drug-likeness (QED) is 0.175. The second-order valence-electron chi connectivity index (χ2n) is 19.9. The SMILES string of the molecule is Cc1ccc(Oc2cc([Si](C)(C)CCC3CCC4CC3C4(C)C)c(Oc3ccc(C)cc3)cc2[Si](C)(C)CCC2CCC3CC2C3(C)C)cc1. The maximum atomic E-state index is 7.01. The van der Waals surface area contributed by atoms with Crippen LogP contribution in [0.5, 0.6) is 23.0 Å². The van der Waals surface area contributed by atoms with Gasteiger partial charge in [0.15, 0.2) is 0 Å². The van der Waals surface area contributed by atoms with Crippen molar-refractivity contribution in [2.45, 2.75) is 131 Å². The first-order valence-corrected chi connectivity index (χ1v) is 26.6. The summed E-state index contributed by atoms with van der Waals surface area (Å²) in [7, 11) is -3.85. The van der Waals surface area contributed by atoms with E-state index >= 15 is 0 Å². The molecular formula is C46H66O2Si2. The number of benzene rings is 3. The number of rotatable bonds is 12. The minimum atomic E-state index is -1.93. The van der Waals surface area contributed by atoms with E-state index in [0.717, 1.165) is 58.5 Å². The molecule has 2 nitrogen and oxygen atoms in total. The van der Waals surface area contributed by atoms with Crippen molar-refractivity contribution >= 4 is 26.5 Å². The Kier molecular flexibility index (Phi) is 9.58. The molecule has 6 unspecified atom stereocenters. The molecule has 6 aliphatic carbocycles. The van der Waals surface area contributed by atoms with E-state index in [1.165, 1.54) is 85.0 Å². The molecule has 0 heterocycles. The normalized spacial score (nSPS) is 28.0. The molecule has 0 aromatic heterocycles. The first-order valence-electron chi connectivity index (χ1n) is 20.2. The van der Waals surface area contributed by atoms with Gasteiger partial charge in [0.25, 0.3) is 0 Å². The number of aryl methyl sites for hydroxylation is 2. The van der Waals surface area contributed by atoms with Crippen LogP contribution in [0.4, 0.5) is 0 Å². The fraction of sp³-hybridized carbons (Fsp3) is 0.609. The molecule has 0 spiro atoms. The Hall–Kier alpha value is -2.31. The molecule has 0 N–H and O–H groups in total. The Balaban J connectivity index is 1.24. The molecule has 0 aliphatic heterocycles. The Morgan fingerprint density at radius 1 is 0.560 bits per heavy atom. The zero-order valence-electron chi connectivity index (χ0n) is 33.1. The van der Waals surface area contributed by atoms with E-state index in [0.29, 0.717) is 10.8 Å². The zero-order valence-corrected chi connectivity index (χ0v) is 35.1. The van der Waals surface area contributed by atoms with Crippen LogP contribution < -0.4 is 19.8 Å².